The number of thiophene rings is 1. The Hall–Kier alpha value is -3.73. The number of nitrogens with zero attached hydrogens (tertiary/aromatic N) is 2. The predicted octanol–water partition coefficient (Wildman–Crippen LogP) is 12.2. The van der Waals surface area contributed by atoms with Gasteiger partial charge < -0.3 is 9.97 Å². The number of rotatable bonds is 6. The fraction of sp³-hybridized carbons (Fsp3) is 0.244. The second kappa shape index (κ2) is 15.7. The summed E-state index contributed by atoms with van der Waals surface area (Å²) in [5, 5.41) is 3.81. The molecular formula is C45H46IrN2SSi-2. The Morgan fingerprint density at radius 2 is 1.54 bits per heavy atom. The first-order valence-corrected chi connectivity index (χ1v) is 21.3. The molecule has 0 aliphatic carbocycles. The van der Waals surface area contributed by atoms with Gasteiger partial charge in [-0.3, -0.25) is 0 Å². The zero-order valence-corrected chi connectivity index (χ0v) is 34.4. The van der Waals surface area contributed by atoms with E-state index in [0.717, 1.165) is 27.2 Å². The zero-order valence-electron chi connectivity index (χ0n) is 32.2. The fourth-order valence-electron chi connectivity index (χ4n) is 5.81. The van der Waals surface area contributed by atoms with Crippen molar-refractivity contribution in [2.24, 2.45) is 5.92 Å². The third kappa shape index (κ3) is 8.76. The van der Waals surface area contributed by atoms with E-state index in [2.05, 4.69) is 123 Å². The van der Waals surface area contributed by atoms with Gasteiger partial charge in [0.15, 0.2) is 0 Å². The maximum Gasteiger partial charge on any atom is 0.0795 e. The van der Waals surface area contributed by atoms with Gasteiger partial charge in [-0.1, -0.05) is 120 Å². The first-order chi connectivity index (χ1) is 24.1. The van der Waals surface area contributed by atoms with E-state index in [0.29, 0.717) is 5.56 Å². The first-order valence-electron chi connectivity index (χ1n) is 18.0. The van der Waals surface area contributed by atoms with E-state index in [1.165, 1.54) is 37.3 Å². The van der Waals surface area contributed by atoms with Crippen molar-refractivity contribution in [2.75, 3.05) is 0 Å². The molecule has 0 saturated heterocycles. The summed E-state index contributed by atoms with van der Waals surface area (Å²) in [6.45, 7) is 17.5. The third-order valence-corrected chi connectivity index (χ3v) is 11.8. The summed E-state index contributed by atoms with van der Waals surface area (Å²) in [6, 6.07) is 42.1. The van der Waals surface area contributed by atoms with E-state index < -0.39 is 14.4 Å². The zero-order chi connectivity index (χ0) is 36.6. The molecule has 2 nitrogen and oxygen atoms in total. The van der Waals surface area contributed by atoms with Crippen LogP contribution in [0.25, 0.3) is 53.8 Å². The molecule has 0 N–H and O–H groups in total. The molecule has 50 heavy (non-hydrogen) atoms. The van der Waals surface area contributed by atoms with Crippen LogP contribution in [0.3, 0.4) is 0 Å². The Morgan fingerprint density at radius 3 is 2.18 bits per heavy atom. The monoisotopic (exact) mass is 869 g/mol. The molecule has 257 valence electrons. The van der Waals surface area contributed by atoms with Gasteiger partial charge in [0.25, 0.3) is 0 Å². The Labute approximate surface area is 320 Å². The average Bonchev–Trinajstić information content (AvgIpc) is 3.50. The summed E-state index contributed by atoms with van der Waals surface area (Å²) < 4.78 is 19.4. The van der Waals surface area contributed by atoms with Crippen LogP contribution in [-0.4, -0.2) is 18.0 Å². The number of benzene rings is 4. The molecule has 1 radical (unpaired) electrons. The van der Waals surface area contributed by atoms with Gasteiger partial charge in [-0.05, 0) is 73.2 Å². The molecule has 0 unspecified atom stereocenters. The topological polar surface area (TPSA) is 25.8 Å². The van der Waals surface area contributed by atoms with Crippen LogP contribution in [0.1, 0.15) is 48.5 Å². The Kier molecular flexibility index (Phi) is 10.9. The van der Waals surface area contributed by atoms with Crippen LogP contribution in [-0.2, 0) is 31.9 Å². The van der Waals surface area contributed by atoms with Gasteiger partial charge in [-0.25, -0.2) is 0 Å². The van der Waals surface area contributed by atoms with Crippen molar-refractivity contribution < 1.29 is 22.8 Å². The molecule has 0 spiro atoms. The quantitative estimate of drug-likeness (QED) is 0.123. The molecule has 5 heteroatoms. The summed E-state index contributed by atoms with van der Waals surface area (Å²) in [7, 11) is -1.23. The Bertz CT molecular complexity index is 2270. The third-order valence-electron chi connectivity index (χ3n) is 8.60. The number of fused-ring (bicyclic) bond motifs is 3. The summed E-state index contributed by atoms with van der Waals surface area (Å²) in [6.07, 6.45) is 2.32. The van der Waals surface area contributed by atoms with Gasteiger partial charge in [0, 0.05) is 39.9 Å². The summed E-state index contributed by atoms with van der Waals surface area (Å²) >= 11 is 1.75. The Balaban J connectivity index is 0.000000258. The van der Waals surface area contributed by atoms with Crippen LogP contribution in [0, 0.1) is 18.1 Å². The molecule has 4 aromatic carbocycles. The minimum Gasteiger partial charge on any atom is -0.305 e. The van der Waals surface area contributed by atoms with Gasteiger partial charge in [-0.2, -0.15) is 11.3 Å². The van der Waals surface area contributed by atoms with E-state index in [1.807, 2.05) is 56.4 Å². The molecule has 0 fully saturated rings. The van der Waals surface area contributed by atoms with E-state index >= 15 is 0 Å². The molecular weight excluding hydrogens is 821 g/mol. The van der Waals surface area contributed by atoms with E-state index in [4.69, 9.17) is 2.74 Å². The minimum absolute atomic E-state index is 0. The van der Waals surface area contributed by atoms with Crippen LogP contribution in [0.2, 0.25) is 19.6 Å². The average molecular weight is 869 g/mol. The van der Waals surface area contributed by atoms with E-state index in [-0.39, 0.29) is 31.4 Å². The van der Waals surface area contributed by atoms with E-state index in [9.17, 15) is 0 Å². The summed E-state index contributed by atoms with van der Waals surface area (Å²) in [4.78, 5) is 9.12. The molecule has 7 aromatic rings. The second-order valence-corrected chi connectivity index (χ2v) is 21.1. The number of hydrogen-bond donors (Lipinski definition) is 0. The van der Waals surface area contributed by atoms with Crippen LogP contribution >= 0.6 is 11.3 Å². The summed E-state index contributed by atoms with van der Waals surface area (Å²) in [5.41, 5.74) is 8.32. The molecule has 0 aliphatic rings. The van der Waals surface area contributed by atoms with Crippen LogP contribution in [0.15, 0.2) is 116 Å². The van der Waals surface area contributed by atoms with Crippen molar-refractivity contribution in [3.8, 4) is 33.6 Å². The molecule has 0 aliphatic heterocycles. The summed E-state index contributed by atoms with van der Waals surface area (Å²) in [5.74, 6) is -0.127. The SMILES string of the molecule is C[Si](C)(C)c1ccc(-c2[c-]cccc2)nc1.[2H]C([2H])(c1ccnc(-c2[c-]ccc3c2sc2cc(-c4ccc(C(C)(C)C)cc4)ccc23)c1)C(C)C.[Ir]. The smallest absolute Gasteiger partial charge is 0.0795 e. The van der Waals surface area contributed by atoms with Crippen LogP contribution in [0.4, 0.5) is 0 Å². The normalized spacial score (nSPS) is 12.6. The predicted molar refractivity (Wildman–Crippen MR) is 216 cm³/mol. The number of pyridine rings is 2. The maximum atomic E-state index is 8.52. The molecule has 7 rings (SSSR count). The minimum atomic E-state index is -1.41. The first kappa shape index (κ1) is 34.7. The molecule has 0 amide bonds. The van der Waals surface area contributed by atoms with Gasteiger partial charge in [0.1, 0.15) is 0 Å². The second-order valence-electron chi connectivity index (χ2n) is 14.9. The number of hydrogen-bond acceptors (Lipinski definition) is 3. The molecule has 3 aromatic heterocycles. The van der Waals surface area contributed by atoms with Crippen molar-refractivity contribution in [3.05, 3.63) is 139 Å². The molecule has 0 saturated carbocycles. The molecule has 3 heterocycles. The van der Waals surface area contributed by atoms with Crippen molar-refractivity contribution in [1.82, 2.24) is 9.97 Å². The standard InChI is InChI=1S/C31H30NS.C14H16NSi.Ir/c1-20(2)17-21-15-16-32-28(18-21)27-8-6-7-26-25-14-11-23(19-29(25)33-30(26)27)22-9-12-24(13-10-22)31(3,4)5;1-16(2,3)13-9-10-14(15-11-13)12-7-5-4-6-8-12;/h6-7,9-16,18-20H,17H2,1-5H3;4-7,9-11H,1-3H3;/q2*-1;/i17D2;;. The maximum absolute atomic E-state index is 8.52. The molecule has 0 atom stereocenters. The van der Waals surface area contributed by atoms with Crippen molar-refractivity contribution in [2.45, 2.75) is 66.0 Å². The Morgan fingerprint density at radius 1 is 0.780 bits per heavy atom. The van der Waals surface area contributed by atoms with Crippen LogP contribution in [0.5, 0.6) is 0 Å². The van der Waals surface area contributed by atoms with Crippen molar-refractivity contribution >= 4 is 44.8 Å². The van der Waals surface area contributed by atoms with Crippen molar-refractivity contribution in [3.63, 3.8) is 0 Å². The molecule has 0 bridgehead atoms. The number of aromatic nitrogens is 2. The van der Waals surface area contributed by atoms with Gasteiger partial charge >= 0.3 is 0 Å². The van der Waals surface area contributed by atoms with E-state index in [1.54, 1.807) is 23.6 Å². The van der Waals surface area contributed by atoms with Gasteiger partial charge in [0.05, 0.1) is 8.07 Å². The van der Waals surface area contributed by atoms with Gasteiger partial charge in [0.2, 0.25) is 0 Å². The van der Waals surface area contributed by atoms with Crippen LogP contribution < -0.4 is 5.19 Å². The van der Waals surface area contributed by atoms with Crippen molar-refractivity contribution in [1.29, 1.82) is 0 Å². The van der Waals surface area contributed by atoms with Gasteiger partial charge in [-0.15, -0.1) is 59.7 Å². The largest absolute Gasteiger partial charge is 0.305 e. The fourth-order valence-corrected chi connectivity index (χ4v) is 8.10.